The highest BCUT2D eigenvalue weighted by Crippen LogP contribution is 2.13. The molecule has 1 aliphatic rings. The smallest absolute Gasteiger partial charge is 0.317 e. The molecule has 1 saturated heterocycles. The first-order chi connectivity index (χ1) is 11.5. The molecular formula is C18H29N3O3. The number of rotatable bonds is 7. The lowest BCUT2D eigenvalue weighted by Crippen LogP contribution is -2.49. The van der Waals surface area contributed by atoms with Crippen LogP contribution in [0.5, 0.6) is 5.75 Å². The molecule has 0 radical (unpaired) electrons. The SMILES string of the molecule is CC(C)COc1ccc(CCNC(=O)N(C)[C@H]2CNC[C@@H]2O)cc1. The van der Waals surface area contributed by atoms with Crippen molar-refractivity contribution in [3.05, 3.63) is 29.8 Å². The van der Waals surface area contributed by atoms with Gasteiger partial charge in [0.25, 0.3) is 0 Å². The van der Waals surface area contributed by atoms with Crippen molar-refractivity contribution in [2.45, 2.75) is 32.4 Å². The van der Waals surface area contributed by atoms with Crippen LogP contribution < -0.4 is 15.4 Å². The predicted octanol–water partition coefficient (Wildman–Crippen LogP) is 1.24. The summed E-state index contributed by atoms with van der Waals surface area (Å²) in [5.74, 6) is 1.38. The Hall–Kier alpha value is -1.79. The van der Waals surface area contributed by atoms with E-state index in [1.54, 1.807) is 11.9 Å². The zero-order chi connectivity index (χ0) is 17.5. The molecule has 3 N–H and O–H groups in total. The molecule has 0 aliphatic carbocycles. The van der Waals surface area contributed by atoms with Crippen LogP contribution in [0.4, 0.5) is 4.79 Å². The molecular weight excluding hydrogens is 306 g/mol. The normalized spacial score (nSPS) is 20.2. The summed E-state index contributed by atoms with van der Waals surface area (Å²) >= 11 is 0. The van der Waals surface area contributed by atoms with Crippen LogP contribution in [0.3, 0.4) is 0 Å². The third kappa shape index (κ3) is 5.39. The molecule has 0 bridgehead atoms. The Balaban J connectivity index is 1.72. The Labute approximate surface area is 144 Å². The van der Waals surface area contributed by atoms with E-state index in [2.05, 4.69) is 24.5 Å². The number of carbonyl (C=O) groups excluding carboxylic acids is 1. The minimum Gasteiger partial charge on any atom is -0.493 e. The van der Waals surface area contributed by atoms with Gasteiger partial charge in [0.1, 0.15) is 5.75 Å². The van der Waals surface area contributed by atoms with Crippen molar-refractivity contribution in [3.8, 4) is 5.75 Å². The standard InChI is InChI=1S/C18H29N3O3/c1-13(2)12-24-15-6-4-14(5-7-15)8-9-20-18(23)21(3)16-10-19-11-17(16)22/h4-7,13,16-17,19,22H,8-12H2,1-3H3,(H,20,23)/t16-,17-/m0/s1. The van der Waals surface area contributed by atoms with Crippen molar-refractivity contribution in [3.63, 3.8) is 0 Å². The van der Waals surface area contributed by atoms with Gasteiger partial charge in [-0.15, -0.1) is 0 Å². The number of nitrogens with zero attached hydrogens (tertiary/aromatic N) is 1. The van der Waals surface area contributed by atoms with Crippen LogP contribution in [-0.4, -0.2) is 61.5 Å². The van der Waals surface area contributed by atoms with Crippen LogP contribution in [0.1, 0.15) is 19.4 Å². The van der Waals surface area contributed by atoms with Crippen LogP contribution in [0.15, 0.2) is 24.3 Å². The Kier molecular flexibility index (Phi) is 6.87. The van der Waals surface area contributed by atoms with Gasteiger partial charge in [-0.25, -0.2) is 4.79 Å². The number of benzene rings is 1. The molecule has 6 nitrogen and oxygen atoms in total. The average Bonchev–Trinajstić information content (AvgIpc) is 2.99. The van der Waals surface area contributed by atoms with Crippen LogP contribution in [0.25, 0.3) is 0 Å². The molecule has 134 valence electrons. The van der Waals surface area contributed by atoms with Gasteiger partial charge in [0, 0.05) is 26.7 Å². The largest absolute Gasteiger partial charge is 0.493 e. The maximum atomic E-state index is 12.1. The van der Waals surface area contributed by atoms with Gasteiger partial charge in [0.15, 0.2) is 0 Å². The topological polar surface area (TPSA) is 73.8 Å². The Morgan fingerprint density at radius 3 is 2.67 bits per heavy atom. The zero-order valence-electron chi connectivity index (χ0n) is 14.8. The summed E-state index contributed by atoms with van der Waals surface area (Å²) in [5, 5.41) is 15.8. The molecule has 24 heavy (non-hydrogen) atoms. The van der Waals surface area contributed by atoms with Gasteiger partial charge in [0.2, 0.25) is 0 Å². The number of nitrogens with one attached hydrogen (secondary N) is 2. The summed E-state index contributed by atoms with van der Waals surface area (Å²) in [7, 11) is 1.72. The number of hydrogen-bond acceptors (Lipinski definition) is 4. The number of carbonyl (C=O) groups is 1. The van der Waals surface area contributed by atoms with E-state index in [0.29, 0.717) is 32.2 Å². The highest BCUT2D eigenvalue weighted by molar-refractivity contribution is 5.74. The van der Waals surface area contributed by atoms with Gasteiger partial charge >= 0.3 is 6.03 Å². The number of ether oxygens (including phenoxy) is 1. The van der Waals surface area contributed by atoms with Crippen LogP contribution in [0, 0.1) is 5.92 Å². The summed E-state index contributed by atoms with van der Waals surface area (Å²) in [6.07, 6.45) is 0.259. The lowest BCUT2D eigenvalue weighted by atomic mass is 10.1. The van der Waals surface area contributed by atoms with E-state index in [-0.39, 0.29) is 12.1 Å². The Morgan fingerprint density at radius 1 is 1.38 bits per heavy atom. The molecule has 0 spiro atoms. The summed E-state index contributed by atoms with van der Waals surface area (Å²) in [5.41, 5.74) is 1.15. The minimum absolute atomic E-state index is 0.153. The summed E-state index contributed by atoms with van der Waals surface area (Å²) in [6, 6.07) is 7.66. The number of aliphatic hydroxyl groups is 1. The first-order valence-corrected chi connectivity index (χ1v) is 8.58. The third-order valence-corrected chi connectivity index (χ3v) is 4.17. The molecule has 2 atom stereocenters. The van der Waals surface area contributed by atoms with Crippen molar-refractivity contribution in [1.82, 2.24) is 15.5 Å². The molecule has 1 fully saturated rings. The third-order valence-electron chi connectivity index (χ3n) is 4.17. The van der Waals surface area contributed by atoms with Gasteiger partial charge in [-0.1, -0.05) is 26.0 Å². The van der Waals surface area contributed by atoms with Crippen molar-refractivity contribution in [1.29, 1.82) is 0 Å². The van der Waals surface area contributed by atoms with E-state index < -0.39 is 6.10 Å². The second kappa shape index (κ2) is 8.89. The molecule has 2 rings (SSSR count). The van der Waals surface area contributed by atoms with Gasteiger partial charge in [-0.2, -0.15) is 0 Å². The van der Waals surface area contributed by atoms with E-state index in [9.17, 15) is 9.90 Å². The molecule has 6 heteroatoms. The Morgan fingerprint density at radius 2 is 2.08 bits per heavy atom. The quantitative estimate of drug-likeness (QED) is 0.701. The monoisotopic (exact) mass is 335 g/mol. The van der Waals surface area contributed by atoms with Crippen LogP contribution >= 0.6 is 0 Å². The molecule has 0 saturated carbocycles. The maximum Gasteiger partial charge on any atom is 0.317 e. The highest BCUT2D eigenvalue weighted by Gasteiger charge is 2.30. The van der Waals surface area contributed by atoms with Crippen molar-refractivity contribution in [2.75, 3.05) is 33.3 Å². The highest BCUT2D eigenvalue weighted by atomic mass is 16.5. The number of β-amino-alcohol motifs (C(OH)–C–C–N with tert-alkyl or cyclic N) is 1. The number of likely N-dealkylation sites (N-methyl/N-ethyl adjacent to an activating group) is 1. The zero-order valence-corrected chi connectivity index (χ0v) is 14.8. The molecule has 0 unspecified atom stereocenters. The molecule has 1 aromatic carbocycles. The average molecular weight is 335 g/mol. The van der Waals surface area contributed by atoms with Crippen molar-refractivity contribution < 1.29 is 14.6 Å². The van der Waals surface area contributed by atoms with E-state index in [4.69, 9.17) is 4.74 Å². The summed E-state index contributed by atoms with van der Waals surface area (Å²) in [6.45, 7) is 6.68. The van der Waals surface area contributed by atoms with Gasteiger partial charge in [-0.3, -0.25) is 0 Å². The predicted molar refractivity (Wildman–Crippen MR) is 94.3 cm³/mol. The molecule has 1 aliphatic heterocycles. The van der Waals surface area contributed by atoms with E-state index in [0.717, 1.165) is 17.7 Å². The number of amides is 2. The number of urea groups is 1. The number of aliphatic hydroxyl groups excluding tert-OH is 1. The fraction of sp³-hybridized carbons (Fsp3) is 0.611. The molecule has 1 heterocycles. The van der Waals surface area contributed by atoms with Gasteiger partial charge in [-0.05, 0) is 30.0 Å². The summed E-state index contributed by atoms with van der Waals surface area (Å²) < 4.78 is 5.66. The van der Waals surface area contributed by atoms with Crippen molar-refractivity contribution in [2.24, 2.45) is 5.92 Å². The van der Waals surface area contributed by atoms with Gasteiger partial charge in [0.05, 0.1) is 18.8 Å². The molecule has 0 aromatic heterocycles. The first kappa shape index (κ1) is 18.5. The van der Waals surface area contributed by atoms with Crippen molar-refractivity contribution >= 4 is 6.03 Å². The first-order valence-electron chi connectivity index (χ1n) is 8.58. The minimum atomic E-state index is -0.501. The van der Waals surface area contributed by atoms with Crippen LogP contribution in [0.2, 0.25) is 0 Å². The van der Waals surface area contributed by atoms with E-state index in [1.165, 1.54) is 0 Å². The number of hydrogen-bond donors (Lipinski definition) is 3. The van der Waals surface area contributed by atoms with E-state index in [1.807, 2.05) is 24.3 Å². The fourth-order valence-electron chi connectivity index (χ4n) is 2.65. The summed E-state index contributed by atoms with van der Waals surface area (Å²) in [4.78, 5) is 13.7. The van der Waals surface area contributed by atoms with Crippen LogP contribution in [-0.2, 0) is 6.42 Å². The Bertz CT molecular complexity index is 519. The second-order valence-corrected chi connectivity index (χ2v) is 6.73. The lowest BCUT2D eigenvalue weighted by Gasteiger charge is -2.26. The van der Waals surface area contributed by atoms with Gasteiger partial charge < -0.3 is 25.4 Å². The fourth-order valence-corrected chi connectivity index (χ4v) is 2.65. The second-order valence-electron chi connectivity index (χ2n) is 6.73. The lowest BCUT2D eigenvalue weighted by molar-refractivity contribution is 0.110. The molecule has 1 aromatic rings. The van der Waals surface area contributed by atoms with E-state index >= 15 is 0 Å². The maximum absolute atomic E-state index is 12.1. The molecule has 2 amide bonds.